The number of esters is 1. The molecule has 1 rings (SSSR count). The van der Waals surface area contributed by atoms with E-state index >= 15 is 0 Å². The highest BCUT2D eigenvalue weighted by molar-refractivity contribution is 6.17. The molecule has 0 aliphatic heterocycles. The van der Waals surface area contributed by atoms with Crippen molar-refractivity contribution in [1.82, 2.24) is 10.6 Å². The Labute approximate surface area is 177 Å². The Morgan fingerprint density at radius 1 is 1.21 bits per heavy atom. The van der Waals surface area contributed by atoms with E-state index in [1.165, 1.54) is 6.92 Å². The van der Waals surface area contributed by atoms with Crippen molar-refractivity contribution in [1.29, 1.82) is 0 Å². The largest absolute Gasteiger partial charge is 0.446 e. The standard InChI is InChI=1S/C20H33ClN2O6/c1-7-14(8-2)28-16-10-13(18(25)27-11-21)9-15(17(16)22-12(3)24)23-19(26)29-20(4,5)6/h10,14-17H,7-9,11H2,1-6H3,(H,22,24)(H,23,26)/t15-,16+,17+/m0/s1. The maximum Gasteiger partial charge on any atom is 0.407 e. The van der Waals surface area contributed by atoms with Crippen LogP contribution in [0.1, 0.15) is 60.8 Å². The van der Waals surface area contributed by atoms with E-state index in [1.807, 2.05) is 13.8 Å². The molecule has 9 heteroatoms. The number of nitrogens with one attached hydrogen (secondary N) is 2. The molecule has 0 spiro atoms. The van der Waals surface area contributed by atoms with E-state index in [2.05, 4.69) is 10.6 Å². The first-order valence-corrected chi connectivity index (χ1v) is 10.4. The third-order valence-electron chi connectivity index (χ3n) is 4.37. The summed E-state index contributed by atoms with van der Waals surface area (Å²) in [4.78, 5) is 36.5. The van der Waals surface area contributed by atoms with Crippen LogP contribution in [0.15, 0.2) is 11.6 Å². The third-order valence-corrected chi connectivity index (χ3v) is 4.48. The van der Waals surface area contributed by atoms with Crippen molar-refractivity contribution in [2.75, 3.05) is 6.07 Å². The predicted octanol–water partition coefficient (Wildman–Crippen LogP) is 3.03. The van der Waals surface area contributed by atoms with E-state index in [9.17, 15) is 14.4 Å². The summed E-state index contributed by atoms with van der Waals surface area (Å²) in [5, 5.41) is 5.60. The van der Waals surface area contributed by atoms with Gasteiger partial charge in [-0.05, 0) is 39.7 Å². The molecule has 8 nitrogen and oxygen atoms in total. The first-order chi connectivity index (χ1) is 13.5. The average molecular weight is 433 g/mol. The second-order valence-electron chi connectivity index (χ2n) is 7.96. The first-order valence-electron chi connectivity index (χ1n) is 9.86. The van der Waals surface area contributed by atoms with Gasteiger partial charge in [0.2, 0.25) is 5.91 Å². The van der Waals surface area contributed by atoms with Gasteiger partial charge in [-0.1, -0.05) is 25.4 Å². The fourth-order valence-electron chi connectivity index (χ4n) is 3.10. The number of hydrogen-bond donors (Lipinski definition) is 2. The molecule has 0 unspecified atom stereocenters. The van der Waals surface area contributed by atoms with E-state index in [4.69, 9.17) is 25.8 Å². The summed E-state index contributed by atoms with van der Waals surface area (Å²) < 4.78 is 16.4. The fraction of sp³-hybridized carbons (Fsp3) is 0.750. The summed E-state index contributed by atoms with van der Waals surface area (Å²) in [5.41, 5.74) is -0.367. The van der Waals surface area contributed by atoms with Crippen molar-refractivity contribution < 1.29 is 28.6 Å². The lowest BCUT2D eigenvalue weighted by molar-refractivity contribution is -0.137. The number of carbonyl (C=O) groups is 3. The minimum atomic E-state index is -0.691. The molecule has 0 saturated heterocycles. The summed E-state index contributed by atoms with van der Waals surface area (Å²) in [6.07, 6.45) is 1.96. The van der Waals surface area contributed by atoms with Crippen molar-refractivity contribution in [3.63, 3.8) is 0 Å². The van der Waals surface area contributed by atoms with Crippen LogP contribution in [0.2, 0.25) is 0 Å². The number of amides is 2. The summed E-state index contributed by atoms with van der Waals surface area (Å²) in [6, 6.07) is -1.49. The molecule has 0 heterocycles. The summed E-state index contributed by atoms with van der Waals surface area (Å²) in [5.74, 6) is -0.861. The lowest BCUT2D eigenvalue weighted by Crippen LogP contribution is -2.60. The van der Waals surface area contributed by atoms with Crippen LogP contribution in [0.4, 0.5) is 4.79 Å². The van der Waals surface area contributed by atoms with Gasteiger partial charge in [0.25, 0.3) is 0 Å². The fourth-order valence-corrected chi connectivity index (χ4v) is 3.20. The third kappa shape index (κ3) is 8.62. The van der Waals surface area contributed by atoms with E-state index in [0.717, 1.165) is 12.8 Å². The van der Waals surface area contributed by atoms with Crippen LogP contribution in [0.25, 0.3) is 0 Å². The molecule has 0 aromatic heterocycles. The van der Waals surface area contributed by atoms with Gasteiger partial charge in [0, 0.05) is 18.9 Å². The van der Waals surface area contributed by atoms with E-state index < -0.39 is 35.9 Å². The molecule has 2 N–H and O–H groups in total. The monoisotopic (exact) mass is 432 g/mol. The second kappa shape index (κ2) is 11.4. The average Bonchev–Trinajstić information content (AvgIpc) is 2.59. The highest BCUT2D eigenvalue weighted by atomic mass is 35.5. The minimum absolute atomic E-state index is 0.0712. The van der Waals surface area contributed by atoms with Crippen LogP contribution < -0.4 is 10.6 Å². The molecular weight excluding hydrogens is 400 g/mol. The summed E-state index contributed by atoms with van der Waals surface area (Å²) >= 11 is 5.52. The number of carbonyl (C=O) groups excluding carboxylic acids is 3. The Morgan fingerprint density at radius 2 is 1.83 bits per heavy atom. The van der Waals surface area contributed by atoms with Crippen LogP contribution in [-0.4, -0.2) is 53.9 Å². The molecule has 1 aliphatic carbocycles. The zero-order valence-corrected chi connectivity index (χ0v) is 18.8. The van der Waals surface area contributed by atoms with Crippen molar-refractivity contribution in [2.24, 2.45) is 0 Å². The smallest absolute Gasteiger partial charge is 0.407 e. The van der Waals surface area contributed by atoms with E-state index in [0.29, 0.717) is 5.57 Å². The molecule has 0 radical (unpaired) electrons. The van der Waals surface area contributed by atoms with Gasteiger partial charge >= 0.3 is 12.1 Å². The molecule has 3 atom stereocenters. The number of halogens is 1. The highest BCUT2D eigenvalue weighted by Crippen LogP contribution is 2.25. The van der Waals surface area contributed by atoms with Gasteiger partial charge in [0.05, 0.1) is 24.3 Å². The van der Waals surface area contributed by atoms with Gasteiger partial charge in [0.15, 0.2) is 6.07 Å². The Balaban J connectivity index is 3.20. The van der Waals surface area contributed by atoms with Gasteiger partial charge in [-0.25, -0.2) is 9.59 Å². The predicted molar refractivity (Wildman–Crippen MR) is 110 cm³/mol. The molecule has 166 valence electrons. The molecule has 0 aromatic carbocycles. The molecule has 0 aromatic rings. The first kappa shape index (κ1) is 25.2. The maximum absolute atomic E-state index is 12.4. The summed E-state index contributed by atoms with van der Waals surface area (Å²) in [6.45, 7) is 10.6. The molecule has 1 aliphatic rings. The highest BCUT2D eigenvalue weighted by Gasteiger charge is 2.39. The number of rotatable bonds is 8. The Bertz CT molecular complexity index is 613. The van der Waals surface area contributed by atoms with Gasteiger partial charge in [-0.15, -0.1) is 0 Å². The lowest BCUT2D eigenvalue weighted by atomic mass is 9.87. The Morgan fingerprint density at radius 3 is 2.31 bits per heavy atom. The van der Waals surface area contributed by atoms with E-state index in [-0.39, 0.29) is 24.5 Å². The molecule has 29 heavy (non-hydrogen) atoms. The molecule has 0 saturated carbocycles. The number of alkyl halides is 1. The van der Waals surface area contributed by atoms with Gasteiger partial charge in [-0.2, -0.15) is 0 Å². The molecule has 0 fully saturated rings. The van der Waals surface area contributed by atoms with Crippen molar-refractivity contribution >= 4 is 29.6 Å². The van der Waals surface area contributed by atoms with Crippen LogP contribution in [-0.2, 0) is 23.8 Å². The maximum atomic E-state index is 12.4. The van der Waals surface area contributed by atoms with Crippen LogP contribution >= 0.6 is 11.6 Å². The SMILES string of the molecule is CCC(CC)O[C@@H]1C=C(C(=O)OCCl)C[C@H](NC(=O)OC(C)(C)C)[C@H]1NC(C)=O. The van der Waals surface area contributed by atoms with Crippen molar-refractivity contribution in [2.45, 2.75) is 90.7 Å². The number of alkyl carbamates (subject to hydrolysis) is 1. The van der Waals surface area contributed by atoms with Crippen LogP contribution in [0.5, 0.6) is 0 Å². The van der Waals surface area contributed by atoms with Gasteiger partial charge in [0.1, 0.15) is 5.60 Å². The number of ether oxygens (including phenoxy) is 3. The zero-order valence-electron chi connectivity index (χ0n) is 18.0. The number of hydrogen-bond acceptors (Lipinski definition) is 6. The molecular formula is C20H33ClN2O6. The molecule has 0 bridgehead atoms. The Hall–Kier alpha value is -1.80. The van der Waals surface area contributed by atoms with Crippen molar-refractivity contribution in [3.05, 3.63) is 11.6 Å². The Kier molecular flexibility index (Phi) is 9.92. The second-order valence-corrected chi connectivity index (χ2v) is 8.17. The van der Waals surface area contributed by atoms with Gasteiger partial charge < -0.3 is 24.8 Å². The van der Waals surface area contributed by atoms with Gasteiger partial charge in [-0.3, -0.25) is 4.79 Å². The zero-order chi connectivity index (χ0) is 22.2. The quantitative estimate of drug-likeness (QED) is 0.451. The normalized spacial score (nSPS) is 21.9. The van der Waals surface area contributed by atoms with Crippen molar-refractivity contribution in [3.8, 4) is 0 Å². The lowest BCUT2D eigenvalue weighted by Gasteiger charge is -2.38. The van der Waals surface area contributed by atoms with Crippen LogP contribution in [0.3, 0.4) is 0 Å². The molecule has 2 amide bonds. The van der Waals surface area contributed by atoms with E-state index in [1.54, 1.807) is 26.8 Å². The topological polar surface area (TPSA) is 103 Å². The minimum Gasteiger partial charge on any atom is -0.446 e. The van der Waals surface area contributed by atoms with Crippen LogP contribution in [0, 0.1) is 0 Å². The summed E-state index contributed by atoms with van der Waals surface area (Å²) in [7, 11) is 0.